The van der Waals surface area contributed by atoms with Gasteiger partial charge in [-0.2, -0.15) is 0 Å². The van der Waals surface area contributed by atoms with Crippen LogP contribution in [-0.2, 0) is 4.79 Å². The van der Waals surface area contributed by atoms with Crippen molar-refractivity contribution in [2.45, 2.75) is 44.9 Å². The molecule has 1 N–H and O–H groups in total. The normalized spacial score (nSPS) is 15.6. The minimum atomic E-state index is -0.163. The fourth-order valence-electron chi connectivity index (χ4n) is 6.41. The molecule has 3 aromatic carbocycles. The molecule has 0 saturated carbocycles. The molecule has 1 amide bonds. The molecule has 2 aliphatic heterocycles. The van der Waals surface area contributed by atoms with Crippen LogP contribution in [0, 0.1) is 11.8 Å². The Balaban J connectivity index is 0.962. The van der Waals surface area contributed by atoms with Gasteiger partial charge in [-0.1, -0.05) is 30.9 Å². The van der Waals surface area contributed by atoms with E-state index >= 15 is 0 Å². The van der Waals surface area contributed by atoms with Crippen molar-refractivity contribution >= 4 is 46.3 Å². The van der Waals surface area contributed by atoms with E-state index in [1.165, 1.54) is 39.2 Å². The van der Waals surface area contributed by atoms with Crippen LogP contribution in [0.2, 0.25) is 5.02 Å². The molecule has 0 aliphatic carbocycles. The van der Waals surface area contributed by atoms with E-state index in [-0.39, 0.29) is 18.3 Å². The highest BCUT2D eigenvalue weighted by molar-refractivity contribution is 7.80. The maximum Gasteiger partial charge on any atom is 0.260 e. The molecule has 0 aromatic heterocycles. The average molecular weight is 678 g/mol. The van der Waals surface area contributed by atoms with Crippen molar-refractivity contribution in [3.05, 3.63) is 82.9 Å². The predicted octanol–water partition coefficient (Wildman–Crippen LogP) is 7.48. The maximum atomic E-state index is 13.0. The molecule has 10 heteroatoms. The number of ketones is 1. The van der Waals surface area contributed by atoms with E-state index in [9.17, 15) is 9.59 Å². The van der Waals surface area contributed by atoms with Gasteiger partial charge in [0.2, 0.25) is 0 Å². The smallest absolute Gasteiger partial charge is 0.260 e. The molecule has 0 atom stereocenters. The van der Waals surface area contributed by atoms with Gasteiger partial charge in [-0.3, -0.25) is 9.59 Å². The summed E-state index contributed by atoms with van der Waals surface area (Å²) in [5, 5.41) is 4.83. The molecule has 8 nitrogen and oxygen atoms in total. The quantitative estimate of drug-likeness (QED) is 0.156. The Hall–Kier alpha value is -3.82. The van der Waals surface area contributed by atoms with Crippen LogP contribution in [0.5, 0.6) is 17.2 Å². The average Bonchev–Trinajstić information content (AvgIpc) is 3.11. The van der Waals surface area contributed by atoms with Crippen LogP contribution in [0.1, 0.15) is 60.9 Å². The summed E-state index contributed by atoms with van der Waals surface area (Å²) in [7, 11) is 3.09. The number of halogens is 1. The highest BCUT2D eigenvalue weighted by atomic mass is 35.5. The zero-order chi connectivity index (χ0) is 33.2. The van der Waals surface area contributed by atoms with Gasteiger partial charge >= 0.3 is 0 Å². The highest BCUT2D eigenvalue weighted by Crippen LogP contribution is 2.29. The van der Waals surface area contributed by atoms with E-state index in [1.807, 2.05) is 29.2 Å². The minimum absolute atomic E-state index is 0.00167. The molecule has 47 heavy (non-hydrogen) atoms. The molecular formula is C37H44ClN3O5S. The van der Waals surface area contributed by atoms with Gasteiger partial charge in [0.1, 0.15) is 17.2 Å². The van der Waals surface area contributed by atoms with E-state index < -0.39 is 0 Å². The monoisotopic (exact) mass is 677 g/mol. The Labute approximate surface area is 288 Å². The lowest BCUT2D eigenvalue weighted by Gasteiger charge is -2.34. The highest BCUT2D eigenvalue weighted by Gasteiger charge is 2.25. The lowest BCUT2D eigenvalue weighted by Crippen LogP contribution is -2.41. The molecule has 2 aliphatic rings. The van der Waals surface area contributed by atoms with E-state index in [0.717, 1.165) is 60.8 Å². The summed E-state index contributed by atoms with van der Waals surface area (Å²) in [6.07, 6.45) is 8.15. The Bertz CT molecular complexity index is 1500. The number of carbonyl (C=O) groups is 2. The first kappa shape index (κ1) is 34.5. The number of carbonyl (C=O) groups excluding carboxylic acids is 2. The van der Waals surface area contributed by atoms with Crippen LogP contribution in [0.15, 0.2) is 66.7 Å². The number of thiocarbonyl (C=S) groups is 1. The third-order valence-corrected chi connectivity index (χ3v) is 9.93. The zero-order valence-electron chi connectivity index (χ0n) is 27.2. The number of nitrogens with zero attached hydrogens (tertiary/aromatic N) is 2. The SMILES string of the molecule is COc1ccc(C(=O)c2ccc(OCC(=O)N3CCC(CCCC4CCN(C(=S)Nc5ccc(Cl)cc5)CC4)CC3)cc2)c(OC)c1. The molecule has 2 heterocycles. The largest absolute Gasteiger partial charge is 0.497 e. The van der Waals surface area contributed by atoms with Crippen molar-refractivity contribution in [3.63, 3.8) is 0 Å². The number of nitrogens with one attached hydrogen (secondary N) is 1. The zero-order valence-corrected chi connectivity index (χ0v) is 28.8. The van der Waals surface area contributed by atoms with Gasteiger partial charge in [-0.05, 0) is 110 Å². The molecular weight excluding hydrogens is 634 g/mol. The molecule has 5 rings (SSSR count). The minimum Gasteiger partial charge on any atom is -0.497 e. The first-order valence-corrected chi connectivity index (χ1v) is 17.2. The summed E-state index contributed by atoms with van der Waals surface area (Å²) in [5.41, 5.74) is 1.92. The fraction of sp³-hybridized carbons (Fsp3) is 0.432. The third-order valence-electron chi connectivity index (χ3n) is 9.32. The lowest BCUT2D eigenvalue weighted by molar-refractivity contribution is -0.134. The third kappa shape index (κ3) is 9.61. The summed E-state index contributed by atoms with van der Waals surface area (Å²) >= 11 is 11.6. The van der Waals surface area contributed by atoms with Crippen molar-refractivity contribution in [2.24, 2.45) is 11.8 Å². The number of benzene rings is 3. The topological polar surface area (TPSA) is 80.3 Å². The number of methoxy groups -OCH3 is 2. The second-order valence-corrected chi connectivity index (χ2v) is 13.2. The van der Waals surface area contributed by atoms with Crippen molar-refractivity contribution in [3.8, 4) is 17.2 Å². The summed E-state index contributed by atoms with van der Waals surface area (Å²) in [4.78, 5) is 30.1. The van der Waals surface area contributed by atoms with Crippen LogP contribution in [0.3, 0.4) is 0 Å². The van der Waals surface area contributed by atoms with Gasteiger partial charge in [-0.25, -0.2) is 0 Å². The fourth-order valence-corrected chi connectivity index (χ4v) is 6.83. The van der Waals surface area contributed by atoms with Crippen molar-refractivity contribution in [2.75, 3.05) is 52.3 Å². The van der Waals surface area contributed by atoms with Crippen molar-refractivity contribution in [1.82, 2.24) is 9.80 Å². The molecule has 0 unspecified atom stereocenters. The Morgan fingerprint density at radius 2 is 1.40 bits per heavy atom. The van der Waals surface area contributed by atoms with E-state index in [0.29, 0.717) is 34.3 Å². The first-order valence-electron chi connectivity index (χ1n) is 16.4. The van der Waals surface area contributed by atoms with Crippen LogP contribution in [0.4, 0.5) is 5.69 Å². The van der Waals surface area contributed by atoms with Gasteiger partial charge in [0.25, 0.3) is 5.91 Å². The van der Waals surface area contributed by atoms with E-state index in [4.69, 9.17) is 38.0 Å². The number of amides is 1. The van der Waals surface area contributed by atoms with Gasteiger partial charge in [0.15, 0.2) is 17.5 Å². The maximum absolute atomic E-state index is 13.0. The molecule has 3 aromatic rings. The second-order valence-electron chi connectivity index (χ2n) is 12.3. The standard InChI is InChI=1S/C37H44ClN3O5S/c1-44-32-14-15-33(34(24-32)45-2)36(43)28-6-12-31(13-7-28)46-25-35(42)40-20-16-26(17-21-40)4-3-5-27-18-22-41(23-19-27)37(47)39-30-10-8-29(38)9-11-30/h6-15,24,26-27H,3-5,16-23,25H2,1-2H3,(H,39,47). The number of ether oxygens (including phenoxy) is 3. The second kappa shape index (κ2) is 16.8. The van der Waals surface area contributed by atoms with E-state index in [2.05, 4.69) is 10.2 Å². The van der Waals surface area contributed by atoms with E-state index in [1.54, 1.807) is 49.6 Å². The number of hydrogen-bond donors (Lipinski definition) is 1. The molecule has 0 radical (unpaired) electrons. The Kier molecular flexibility index (Phi) is 12.4. The summed E-state index contributed by atoms with van der Waals surface area (Å²) in [6.45, 7) is 3.53. The Morgan fingerprint density at radius 1 is 0.809 bits per heavy atom. The number of hydrogen-bond acceptors (Lipinski definition) is 6. The van der Waals surface area contributed by atoms with Crippen molar-refractivity contribution in [1.29, 1.82) is 0 Å². The van der Waals surface area contributed by atoms with Crippen LogP contribution in [0.25, 0.3) is 0 Å². The van der Waals surface area contributed by atoms with Crippen LogP contribution >= 0.6 is 23.8 Å². The molecule has 2 fully saturated rings. The van der Waals surface area contributed by atoms with Gasteiger partial charge in [0.05, 0.1) is 19.8 Å². The Morgan fingerprint density at radius 3 is 2.00 bits per heavy atom. The van der Waals surface area contributed by atoms with Crippen LogP contribution < -0.4 is 19.5 Å². The summed E-state index contributed by atoms with van der Waals surface area (Å²) < 4.78 is 16.4. The number of anilines is 1. The summed E-state index contributed by atoms with van der Waals surface area (Å²) in [6, 6.07) is 19.6. The number of rotatable bonds is 12. The van der Waals surface area contributed by atoms with Gasteiger partial charge in [-0.15, -0.1) is 0 Å². The molecule has 0 spiro atoms. The first-order chi connectivity index (χ1) is 22.8. The number of likely N-dealkylation sites (tertiary alicyclic amines) is 2. The molecule has 250 valence electrons. The molecule has 0 bridgehead atoms. The van der Waals surface area contributed by atoms with Gasteiger partial charge < -0.3 is 29.3 Å². The molecule has 2 saturated heterocycles. The van der Waals surface area contributed by atoms with Crippen molar-refractivity contribution < 1.29 is 23.8 Å². The van der Waals surface area contributed by atoms with Crippen LogP contribution in [-0.4, -0.2) is 73.6 Å². The predicted molar refractivity (Wildman–Crippen MR) is 190 cm³/mol. The lowest BCUT2D eigenvalue weighted by atomic mass is 9.87. The number of piperidine rings is 2. The van der Waals surface area contributed by atoms with Gasteiger partial charge in [0, 0.05) is 48.5 Å². The summed E-state index contributed by atoms with van der Waals surface area (Å²) in [5.74, 6) is 2.88.